The van der Waals surface area contributed by atoms with Gasteiger partial charge in [-0.1, -0.05) is 0 Å². The fourth-order valence-corrected chi connectivity index (χ4v) is 1.08. The summed E-state index contributed by atoms with van der Waals surface area (Å²) < 4.78 is 14.3. The summed E-state index contributed by atoms with van der Waals surface area (Å²) in [6.07, 6.45) is -1.11. The molecule has 72 valence electrons. The van der Waals surface area contributed by atoms with Crippen LogP contribution in [-0.2, 0) is 13.9 Å². The first-order valence-electron chi connectivity index (χ1n) is 3.03. The molecule has 0 bridgehead atoms. The molecule has 0 radical (unpaired) electrons. The van der Waals surface area contributed by atoms with Crippen LogP contribution in [0.2, 0.25) is 0 Å². The molecule has 7 nitrogen and oxygen atoms in total. The topological polar surface area (TPSA) is 136 Å². The van der Waals surface area contributed by atoms with Crippen LogP contribution < -0.4 is 11.5 Å². The van der Waals surface area contributed by atoms with Crippen molar-refractivity contribution in [2.75, 3.05) is 0 Å². The number of phosphoric ester groups is 1. The van der Waals surface area contributed by atoms with E-state index in [1.807, 2.05) is 0 Å². The van der Waals surface area contributed by atoms with Gasteiger partial charge in [-0.25, -0.2) is 4.57 Å². The molecule has 2 atom stereocenters. The highest BCUT2D eigenvalue weighted by Gasteiger charge is 2.26. The third-order valence-electron chi connectivity index (χ3n) is 1.14. The zero-order valence-corrected chi connectivity index (χ0v) is 7.27. The summed E-state index contributed by atoms with van der Waals surface area (Å²) in [5.41, 5.74) is 9.88. The van der Waals surface area contributed by atoms with E-state index in [0.717, 1.165) is 0 Å². The maximum absolute atomic E-state index is 10.4. The molecule has 0 aliphatic heterocycles. The highest BCUT2D eigenvalue weighted by Crippen LogP contribution is 2.37. The lowest BCUT2D eigenvalue weighted by Gasteiger charge is -2.17. The van der Waals surface area contributed by atoms with Crippen molar-refractivity contribution in [3.05, 3.63) is 0 Å². The minimum atomic E-state index is -4.60. The number of primary amides is 1. The minimum Gasteiger partial charge on any atom is -0.368 e. The van der Waals surface area contributed by atoms with Gasteiger partial charge in [0.2, 0.25) is 5.91 Å². The largest absolute Gasteiger partial charge is 0.469 e. The molecule has 12 heavy (non-hydrogen) atoms. The minimum absolute atomic E-state index is 0.879. The third-order valence-corrected chi connectivity index (χ3v) is 1.75. The van der Waals surface area contributed by atoms with Crippen molar-refractivity contribution in [3.63, 3.8) is 0 Å². The molecule has 0 spiro atoms. The van der Waals surface area contributed by atoms with Gasteiger partial charge in [-0.2, -0.15) is 0 Å². The molecule has 0 aromatic carbocycles. The number of carbonyl (C=O) groups is 1. The van der Waals surface area contributed by atoms with Gasteiger partial charge in [0.05, 0.1) is 6.10 Å². The lowest BCUT2D eigenvalue weighted by molar-refractivity contribution is -0.121. The summed E-state index contributed by atoms with van der Waals surface area (Å²) in [5.74, 6) is -0.879. The van der Waals surface area contributed by atoms with Crippen molar-refractivity contribution < 1.29 is 23.7 Å². The maximum atomic E-state index is 10.4. The molecule has 6 N–H and O–H groups in total. The Morgan fingerprint density at radius 1 is 1.58 bits per heavy atom. The third kappa shape index (κ3) is 4.42. The van der Waals surface area contributed by atoms with E-state index < -0.39 is 25.9 Å². The standard InChI is InChI=1S/C4H11N2O5P/c1-2(3(5)4(6)7)11-12(8,9)10/h2-3H,5H2,1H3,(H2,6,7)(H2,8,9,10)/t2-,3+/m1/s1. The predicted octanol–water partition coefficient (Wildman–Crippen LogP) is -1.70. The van der Waals surface area contributed by atoms with Gasteiger partial charge in [0.25, 0.3) is 0 Å². The summed E-state index contributed by atoms with van der Waals surface area (Å²) in [7, 11) is -4.60. The molecule has 0 heterocycles. The van der Waals surface area contributed by atoms with E-state index in [1.165, 1.54) is 6.92 Å². The van der Waals surface area contributed by atoms with E-state index in [4.69, 9.17) is 21.3 Å². The predicted molar refractivity (Wildman–Crippen MR) is 39.8 cm³/mol. The second-order valence-corrected chi connectivity index (χ2v) is 3.42. The smallest absolute Gasteiger partial charge is 0.368 e. The summed E-state index contributed by atoms with van der Waals surface area (Å²) in [6.45, 7) is 1.24. The van der Waals surface area contributed by atoms with Crippen molar-refractivity contribution in [1.29, 1.82) is 0 Å². The van der Waals surface area contributed by atoms with Crippen LogP contribution in [0.3, 0.4) is 0 Å². The summed E-state index contributed by atoms with van der Waals surface area (Å²) >= 11 is 0. The Labute approximate surface area is 68.9 Å². The van der Waals surface area contributed by atoms with Gasteiger partial charge >= 0.3 is 7.82 Å². The van der Waals surface area contributed by atoms with Crippen LogP contribution in [0.5, 0.6) is 0 Å². The average molecular weight is 198 g/mol. The van der Waals surface area contributed by atoms with Gasteiger partial charge in [0.1, 0.15) is 6.04 Å². The van der Waals surface area contributed by atoms with E-state index in [-0.39, 0.29) is 0 Å². The SMILES string of the molecule is C[C@@H](OP(=O)(O)O)[C@H](N)C(N)=O. The van der Waals surface area contributed by atoms with Crippen LogP contribution in [0, 0.1) is 0 Å². The van der Waals surface area contributed by atoms with Gasteiger partial charge < -0.3 is 21.3 Å². The van der Waals surface area contributed by atoms with E-state index in [1.54, 1.807) is 0 Å². The van der Waals surface area contributed by atoms with Crippen LogP contribution in [0.15, 0.2) is 0 Å². The molecule has 0 unspecified atom stereocenters. The molecular formula is C4H11N2O5P. The number of nitrogens with two attached hydrogens (primary N) is 2. The van der Waals surface area contributed by atoms with Crippen LogP contribution >= 0.6 is 7.82 Å². The molecule has 1 amide bonds. The number of hydrogen-bond donors (Lipinski definition) is 4. The average Bonchev–Trinajstić information content (AvgIpc) is 1.82. The zero-order valence-electron chi connectivity index (χ0n) is 6.38. The Morgan fingerprint density at radius 2 is 2.00 bits per heavy atom. The molecule has 0 aromatic rings. The lowest BCUT2D eigenvalue weighted by Crippen LogP contribution is -2.45. The van der Waals surface area contributed by atoms with Crippen LogP contribution in [-0.4, -0.2) is 27.8 Å². The van der Waals surface area contributed by atoms with E-state index in [0.29, 0.717) is 0 Å². The molecule has 0 rings (SSSR count). The van der Waals surface area contributed by atoms with E-state index >= 15 is 0 Å². The van der Waals surface area contributed by atoms with Crippen LogP contribution in [0.4, 0.5) is 0 Å². The number of hydrogen-bond acceptors (Lipinski definition) is 4. The Hall–Kier alpha value is -0.460. The summed E-state index contributed by atoms with van der Waals surface area (Å²) in [4.78, 5) is 27.0. The Bertz CT molecular complexity index is 213. The second kappa shape index (κ2) is 3.97. The number of carbonyl (C=O) groups excluding carboxylic acids is 1. The van der Waals surface area contributed by atoms with Crippen molar-refractivity contribution in [1.82, 2.24) is 0 Å². The Kier molecular flexibility index (Phi) is 3.82. The highest BCUT2D eigenvalue weighted by molar-refractivity contribution is 7.46. The van der Waals surface area contributed by atoms with Gasteiger partial charge in [-0.05, 0) is 6.92 Å². The molecule has 0 aromatic heterocycles. The normalized spacial score (nSPS) is 17.0. The molecule has 0 aliphatic rings. The molecular weight excluding hydrogens is 187 g/mol. The monoisotopic (exact) mass is 198 g/mol. The van der Waals surface area contributed by atoms with Gasteiger partial charge in [-0.3, -0.25) is 9.32 Å². The van der Waals surface area contributed by atoms with Crippen molar-refractivity contribution in [3.8, 4) is 0 Å². The fourth-order valence-electron chi connectivity index (χ4n) is 0.513. The summed E-state index contributed by atoms with van der Waals surface area (Å²) in [5, 5.41) is 0. The van der Waals surface area contributed by atoms with Crippen LogP contribution in [0.1, 0.15) is 6.92 Å². The highest BCUT2D eigenvalue weighted by atomic mass is 31.2. The maximum Gasteiger partial charge on any atom is 0.469 e. The second-order valence-electron chi connectivity index (χ2n) is 2.23. The van der Waals surface area contributed by atoms with Crippen LogP contribution in [0.25, 0.3) is 0 Å². The quantitative estimate of drug-likeness (QED) is 0.397. The van der Waals surface area contributed by atoms with E-state index in [9.17, 15) is 9.36 Å². The fraction of sp³-hybridized carbons (Fsp3) is 0.750. The first kappa shape index (κ1) is 11.5. The van der Waals surface area contributed by atoms with E-state index in [2.05, 4.69) is 4.52 Å². The van der Waals surface area contributed by atoms with Crippen molar-refractivity contribution in [2.24, 2.45) is 11.5 Å². The number of amides is 1. The lowest BCUT2D eigenvalue weighted by atomic mass is 10.2. The Morgan fingerprint density at radius 3 is 2.25 bits per heavy atom. The van der Waals surface area contributed by atoms with Gasteiger partial charge in [-0.15, -0.1) is 0 Å². The van der Waals surface area contributed by atoms with Crippen molar-refractivity contribution >= 4 is 13.7 Å². The molecule has 8 heteroatoms. The molecule has 0 saturated carbocycles. The number of rotatable bonds is 4. The summed E-state index contributed by atoms with van der Waals surface area (Å²) in [6, 6.07) is -1.22. The molecule has 0 aliphatic carbocycles. The van der Waals surface area contributed by atoms with Crippen molar-refractivity contribution in [2.45, 2.75) is 19.1 Å². The first-order valence-corrected chi connectivity index (χ1v) is 4.56. The van der Waals surface area contributed by atoms with Gasteiger partial charge in [0, 0.05) is 0 Å². The zero-order chi connectivity index (χ0) is 9.94. The number of phosphoric acid groups is 1. The molecule has 0 saturated heterocycles. The first-order chi connectivity index (χ1) is 5.24. The van der Waals surface area contributed by atoms with Gasteiger partial charge in [0.15, 0.2) is 0 Å². The Balaban J connectivity index is 4.13. The molecule has 0 fully saturated rings.